The fraction of sp³-hybridized carbons (Fsp3) is 0.588. The Morgan fingerprint density at radius 1 is 1.30 bits per heavy atom. The monoisotopic (exact) mass is 318 g/mol. The average molecular weight is 318 g/mol. The highest BCUT2D eigenvalue weighted by molar-refractivity contribution is 6.02. The van der Waals surface area contributed by atoms with Crippen molar-refractivity contribution in [2.75, 3.05) is 32.7 Å². The van der Waals surface area contributed by atoms with E-state index in [1.807, 2.05) is 16.8 Å². The summed E-state index contributed by atoms with van der Waals surface area (Å²) in [5.74, 6) is 0.346. The number of anilines is 1. The van der Waals surface area contributed by atoms with Crippen LogP contribution < -0.4 is 9.64 Å². The first kappa shape index (κ1) is 14.6. The molecule has 1 saturated heterocycles. The van der Waals surface area contributed by atoms with Gasteiger partial charge in [0.1, 0.15) is 6.23 Å². The number of aromatic hydroxyl groups is 1. The lowest BCUT2D eigenvalue weighted by atomic mass is 10.0. The molecule has 1 aromatic carbocycles. The number of benzene rings is 1. The third kappa shape index (κ3) is 2.01. The van der Waals surface area contributed by atoms with Crippen molar-refractivity contribution >= 4 is 11.6 Å². The maximum absolute atomic E-state index is 13.1. The van der Waals surface area contributed by atoms with E-state index in [1.54, 1.807) is 19.2 Å². The number of fused-ring (bicyclic) bond motifs is 2. The van der Waals surface area contributed by atoms with Crippen molar-refractivity contribution in [3.05, 3.63) is 17.7 Å². The summed E-state index contributed by atoms with van der Waals surface area (Å²) in [6, 6.07) is 3.27. The summed E-state index contributed by atoms with van der Waals surface area (Å²) in [5, 5.41) is 10.1. The van der Waals surface area contributed by atoms with Crippen LogP contribution in [0.15, 0.2) is 12.1 Å². The second-order valence-electron chi connectivity index (χ2n) is 6.98. The highest BCUT2D eigenvalue weighted by Gasteiger charge is 2.57. The van der Waals surface area contributed by atoms with E-state index >= 15 is 0 Å². The van der Waals surface area contributed by atoms with Gasteiger partial charge in [0.25, 0.3) is 5.91 Å². The van der Waals surface area contributed by atoms with E-state index in [-0.39, 0.29) is 23.9 Å². The van der Waals surface area contributed by atoms with Crippen molar-refractivity contribution < 1.29 is 19.4 Å². The van der Waals surface area contributed by atoms with Crippen LogP contribution in [0.3, 0.4) is 0 Å². The molecule has 0 radical (unpaired) electrons. The van der Waals surface area contributed by atoms with E-state index in [9.17, 15) is 9.90 Å². The number of phenolic OH excluding ortho intramolecular Hbond substituents is 1. The van der Waals surface area contributed by atoms with E-state index in [1.165, 1.54) is 20.0 Å². The van der Waals surface area contributed by atoms with Crippen LogP contribution in [0, 0.1) is 5.41 Å². The zero-order valence-electron chi connectivity index (χ0n) is 13.7. The van der Waals surface area contributed by atoms with E-state index in [0.29, 0.717) is 22.4 Å². The Balaban J connectivity index is 1.85. The van der Waals surface area contributed by atoms with Gasteiger partial charge in [-0.3, -0.25) is 4.79 Å². The molecule has 1 N–H and O–H groups in total. The first-order valence-corrected chi connectivity index (χ1v) is 7.97. The largest absolute Gasteiger partial charge is 0.504 e. The molecule has 2 aliphatic heterocycles. The molecule has 6 heteroatoms. The summed E-state index contributed by atoms with van der Waals surface area (Å²) < 4.78 is 10.9. The number of nitrogens with zero attached hydrogens (tertiary/aromatic N) is 2. The Bertz CT molecular complexity index is 671. The molecular weight excluding hydrogens is 296 g/mol. The molecule has 2 atom stereocenters. The van der Waals surface area contributed by atoms with Crippen molar-refractivity contribution in [1.82, 2.24) is 4.90 Å². The number of phenols is 1. The Hall–Kier alpha value is -1.95. The first-order chi connectivity index (χ1) is 11.0. The number of methoxy groups -OCH3 is 2. The zero-order chi connectivity index (χ0) is 16.4. The Morgan fingerprint density at radius 3 is 2.65 bits per heavy atom. The van der Waals surface area contributed by atoms with Crippen LogP contribution in [-0.2, 0) is 4.74 Å². The summed E-state index contributed by atoms with van der Waals surface area (Å²) >= 11 is 0. The van der Waals surface area contributed by atoms with Crippen molar-refractivity contribution in [2.24, 2.45) is 5.41 Å². The number of hydrogen-bond donors (Lipinski definition) is 1. The standard InChI is InChI=1S/C17H22N2O4/c1-18-11-7-13(20)14(22-2)6-10(11)15(21)19-9-17(4-5-17)8-12(19)16(18)23-3/h6-7,12,16,20H,4-5,8-9H2,1-3H3. The summed E-state index contributed by atoms with van der Waals surface area (Å²) in [5.41, 5.74) is 1.54. The average Bonchev–Trinajstić information content (AvgIpc) is 3.20. The Kier molecular flexibility index (Phi) is 3.04. The lowest BCUT2D eigenvalue weighted by Gasteiger charge is -2.33. The predicted molar refractivity (Wildman–Crippen MR) is 85.0 cm³/mol. The molecule has 4 rings (SSSR count). The van der Waals surface area contributed by atoms with E-state index < -0.39 is 0 Å². The van der Waals surface area contributed by atoms with Gasteiger partial charge in [0, 0.05) is 26.8 Å². The topological polar surface area (TPSA) is 62.2 Å². The first-order valence-electron chi connectivity index (χ1n) is 7.97. The van der Waals surface area contributed by atoms with Crippen LogP contribution in [0.4, 0.5) is 5.69 Å². The summed E-state index contributed by atoms with van der Waals surface area (Å²) in [6.07, 6.45) is 3.16. The highest BCUT2D eigenvalue weighted by Crippen LogP contribution is 2.56. The molecule has 3 aliphatic rings. The molecule has 1 aliphatic carbocycles. The Labute approximate surface area is 135 Å². The van der Waals surface area contributed by atoms with Crippen molar-refractivity contribution in [2.45, 2.75) is 31.5 Å². The van der Waals surface area contributed by atoms with Gasteiger partial charge in [-0.05, 0) is 30.7 Å². The van der Waals surface area contributed by atoms with Gasteiger partial charge in [-0.1, -0.05) is 0 Å². The molecule has 1 spiro atoms. The number of amides is 1. The number of ether oxygens (including phenoxy) is 2. The molecule has 23 heavy (non-hydrogen) atoms. The summed E-state index contributed by atoms with van der Waals surface area (Å²) in [6.45, 7) is 0.798. The third-order valence-electron chi connectivity index (χ3n) is 5.63. The van der Waals surface area contributed by atoms with Crippen LogP contribution in [0.2, 0.25) is 0 Å². The summed E-state index contributed by atoms with van der Waals surface area (Å²) in [7, 11) is 5.08. The molecular formula is C17H22N2O4. The van der Waals surface area contributed by atoms with Gasteiger partial charge in [-0.2, -0.15) is 0 Å². The predicted octanol–water partition coefficient (Wildman–Crippen LogP) is 1.82. The molecule has 2 heterocycles. The minimum absolute atomic E-state index is 0.00141. The number of hydrogen-bond acceptors (Lipinski definition) is 5. The molecule has 0 aromatic heterocycles. The summed E-state index contributed by atoms with van der Waals surface area (Å²) in [4.78, 5) is 17.0. The fourth-order valence-electron chi connectivity index (χ4n) is 4.16. The van der Waals surface area contributed by atoms with Gasteiger partial charge < -0.3 is 24.4 Å². The van der Waals surface area contributed by atoms with Crippen molar-refractivity contribution in [1.29, 1.82) is 0 Å². The smallest absolute Gasteiger partial charge is 0.256 e. The van der Waals surface area contributed by atoms with Gasteiger partial charge in [0.2, 0.25) is 0 Å². The highest BCUT2D eigenvalue weighted by atomic mass is 16.5. The van der Waals surface area contributed by atoms with Crippen LogP contribution in [0.25, 0.3) is 0 Å². The number of carbonyl (C=O) groups excluding carboxylic acids is 1. The van der Waals surface area contributed by atoms with E-state index in [4.69, 9.17) is 9.47 Å². The number of likely N-dealkylation sites (N-methyl/N-ethyl adjacent to an activating group) is 1. The van der Waals surface area contributed by atoms with Gasteiger partial charge in [-0.15, -0.1) is 0 Å². The number of rotatable bonds is 2. The molecule has 2 unspecified atom stereocenters. The van der Waals surface area contributed by atoms with E-state index in [0.717, 1.165) is 13.0 Å². The van der Waals surface area contributed by atoms with E-state index in [2.05, 4.69) is 0 Å². The molecule has 0 bridgehead atoms. The molecule has 6 nitrogen and oxygen atoms in total. The maximum Gasteiger partial charge on any atom is 0.256 e. The van der Waals surface area contributed by atoms with Gasteiger partial charge in [0.15, 0.2) is 11.5 Å². The van der Waals surface area contributed by atoms with Crippen LogP contribution in [-0.4, -0.2) is 56.0 Å². The van der Waals surface area contributed by atoms with Crippen LogP contribution in [0.1, 0.15) is 29.6 Å². The molecule has 1 saturated carbocycles. The Morgan fingerprint density at radius 2 is 2.04 bits per heavy atom. The van der Waals surface area contributed by atoms with Gasteiger partial charge in [-0.25, -0.2) is 0 Å². The normalized spacial score (nSPS) is 27.7. The minimum Gasteiger partial charge on any atom is -0.504 e. The lowest BCUT2D eigenvalue weighted by molar-refractivity contribution is 0.0311. The second kappa shape index (κ2) is 4.77. The zero-order valence-corrected chi connectivity index (χ0v) is 13.7. The molecule has 124 valence electrons. The molecule has 1 aromatic rings. The minimum atomic E-state index is -0.215. The van der Waals surface area contributed by atoms with Gasteiger partial charge >= 0.3 is 0 Å². The second-order valence-corrected chi connectivity index (χ2v) is 6.98. The maximum atomic E-state index is 13.1. The van der Waals surface area contributed by atoms with Gasteiger partial charge in [0.05, 0.1) is 24.4 Å². The number of carbonyl (C=O) groups is 1. The molecule has 1 amide bonds. The third-order valence-corrected chi connectivity index (χ3v) is 5.63. The SMILES string of the molecule is COc1cc2c(cc1O)N(C)C(OC)C1CC3(CC3)CN1C2=O. The van der Waals surface area contributed by atoms with Crippen molar-refractivity contribution in [3.8, 4) is 11.5 Å². The lowest BCUT2D eigenvalue weighted by Crippen LogP contribution is -2.48. The van der Waals surface area contributed by atoms with Crippen LogP contribution >= 0.6 is 0 Å². The molecule has 2 fully saturated rings. The fourth-order valence-corrected chi connectivity index (χ4v) is 4.16. The van der Waals surface area contributed by atoms with Crippen molar-refractivity contribution in [3.63, 3.8) is 0 Å². The van der Waals surface area contributed by atoms with Crippen LogP contribution in [0.5, 0.6) is 11.5 Å². The quantitative estimate of drug-likeness (QED) is 0.901.